The van der Waals surface area contributed by atoms with Gasteiger partial charge < -0.3 is 4.74 Å². The molecule has 0 atom stereocenters. The van der Waals surface area contributed by atoms with Crippen molar-refractivity contribution < 1.29 is 13.5 Å². The van der Waals surface area contributed by atoms with E-state index in [4.69, 9.17) is 4.74 Å². The van der Waals surface area contributed by atoms with Gasteiger partial charge in [-0.2, -0.15) is 0 Å². The Labute approximate surface area is 116 Å². The van der Waals surface area contributed by atoms with Crippen molar-refractivity contribution in [3.8, 4) is 5.88 Å². The van der Waals surface area contributed by atoms with Gasteiger partial charge >= 0.3 is 0 Å². The number of hydrogen-bond donors (Lipinski definition) is 1. The molecule has 0 bridgehead atoms. The minimum Gasteiger partial charge on any atom is -0.472 e. The molecule has 0 saturated heterocycles. The summed E-state index contributed by atoms with van der Waals surface area (Å²) in [6, 6.07) is 6.25. The average molecular weight is 335 g/mol. The minimum absolute atomic E-state index is 0.0197. The molecule has 2 aromatic rings. The predicted molar refractivity (Wildman–Crippen MR) is 70.0 cm³/mol. The van der Waals surface area contributed by atoms with E-state index in [1.165, 1.54) is 10.2 Å². The highest BCUT2D eigenvalue weighted by molar-refractivity contribution is 9.10. The van der Waals surface area contributed by atoms with Crippen molar-refractivity contribution >= 4 is 28.7 Å². The van der Waals surface area contributed by atoms with Crippen molar-refractivity contribution in [3.05, 3.63) is 46.1 Å². The minimum atomic E-state index is -2.54. The quantitative estimate of drug-likeness (QED) is 0.859. The number of hydrogen-bond acceptors (Lipinski definition) is 3. The number of rotatable bonds is 4. The molecular formula is C11H9BrF2N2OS. The van der Waals surface area contributed by atoms with Crippen LogP contribution in [0.25, 0.3) is 0 Å². The van der Waals surface area contributed by atoms with Crippen LogP contribution in [0.3, 0.4) is 0 Å². The largest absolute Gasteiger partial charge is 0.472 e. The molecule has 3 nitrogen and oxygen atoms in total. The number of nitrogens with zero attached hydrogens (tertiary/aromatic N) is 2. The Hall–Kier alpha value is -1.08. The molecule has 0 fully saturated rings. The Morgan fingerprint density at radius 1 is 1.39 bits per heavy atom. The van der Waals surface area contributed by atoms with Gasteiger partial charge in [0, 0.05) is 27.9 Å². The Bertz CT molecular complexity index is 548. The highest BCUT2D eigenvalue weighted by atomic mass is 79.9. The maximum absolute atomic E-state index is 12.8. The van der Waals surface area contributed by atoms with Crippen LogP contribution in [-0.2, 0) is 6.61 Å². The van der Waals surface area contributed by atoms with Crippen molar-refractivity contribution in [1.82, 2.24) is 9.19 Å². The maximum atomic E-state index is 12.8. The third kappa shape index (κ3) is 3.02. The topological polar surface area (TPSA) is 27.1 Å². The summed E-state index contributed by atoms with van der Waals surface area (Å²) < 4.78 is 32.9. The van der Waals surface area contributed by atoms with E-state index in [0.717, 1.165) is 0 Å². The summed E-state index contributed by atoms with van der Waals surface area (Å²) in [5.74, 6) is 0.334. The summed E-state index contributed by atoms with van der Waals surface area (Å²) in [4.78, 5) is 0. The zero-order chi connectivity index (χ0) is 13.1. The smallest absolute Gasteiger partial charge is 0.264 e. The first-order chi connectivity index (χ1) is 8.58. The summed E-state index contributed by atoms with van der Waals surface area (Å²) in [5.41, 5.74) is 0.371. The molecule has 1 aromatic heterocycles. The van der Waals surface area contributed by atoms with Gasteiger partial charge in [-0.25, -0.2) is 12.9 Å². The predicted octanol–water partition coefficient (Wildman–Crippen LogP) is 3.86. The lowest BCUT2D eigenvalue weighted by atomic mass is 10.1. The monoisotopic (exact) mass is 334 g/mol. The van der Waals surface area contributed by atoms with Crippen LogP contribution < -0.4 is 4.74 Å². The van der Waals surface area contributed by atoms with Gasteiger partial charge in [-0.1, -0.05) is 28.1 Å². The molecule has 0 amide bonds. The molecule has 1 heterocycles. The van der Waals surface area contributed by atoms with Crippen molar-refractivity contribution in [2.45, 2.75) is 13.0 Å². The molecule has 0 N–H and O–H groups in total. The Morgan fingerprint density at radius 3 is 2.78 bits per heavy atom. The number of ether oxygens (including phenoxy) is 1. The summed E-state index contributed by atoms with van der Waals surface area (Å²) in [7, 11) is 0. The second kappa shape index (κ2) is 5.71. The zero-order valence-electron chi connectivity index (χ0n) is 9.05. The van der Waals surface area contributed by atoms with Gasteiger partial charge in [-0.05, 0) is 18.9 Å². The summed E-state index contributed by atoms with van der Waals surface area (Å²) in [5, 5.41) is 3.89. The third-order valence-electron chi connectivity index (χ3n) is 2.31. The maximum Gasteiger partial charge on any atom is 0.264 e. The van der Waals surface area contributed by atoms with E-state index in [2.05, 4.69) is 33.8 Å². The third-order valence-corrected chi connectivity index (χ3v) is 3.27. The van der Waals surface area contributed by atoms with Gasteiger partial charge in [0.15, 0.2) is 0 Å². The molecule has 2 rings (SSSR count). The molecular weight excluding hydrogens is 326 g/mol. The molecule has 0 aliphatic carbocycles. The van der Waals surface area contributed by atoms with Crippen LogP contribution in [0.2, 0.25) is 0 Å². The van der Waals surface area contributed by atoms with Gasteiger partial charge in [0.05, 0.1) is 0 Å². The molecule has 0 spiro atoms. The number of benzene rings is 1. The van der Waals surface area contributed by atoms with Gasteiger partial charge in [0.1, 0.15) is 6.61 Å². The second-order valence-electron chi connectivity index (χ2n) is 3.47. The summed E-state index contributed by atoms with van der Waals surface area (Å²) in [6.45, 7) is 0.0197. The fraction of sp³-hybridized carbons (Fsp3) is 0.182. The van der Waals surface area contributed by atoms with Crippen LogP contribution in [-0.4, -0.2) is 9.19 Å². The lowest BCUT2D eigenvalue weighted by Crippen LogP contribution is -2.02. The van der Waals surface area contributed by atoms with Gasteiger partial charge in [0.2, 0.25) is 5.88 Å². The Kier molecular flexibility index (Phi) is 4.23. The average Bonchev–Trinajstić information content (AvgIpc) is 2.73. The second-order valence-corrected chi connectivity index (χ2v) is 4.74. The first-order valence-corrected chi connectivity index (χ1v) is 6.20. The van der Waals surface area contributed by atoms with E-state index in [0.29, 0.717) is 15.9 Å². The van der Waals surface area contributed by atoms with Gasteiger partial charge in [0.25, 0.3) is 6.43 Å². The summed E-state index contributed by atoms with van der Waals surface area (Å²) in [6.07, 6.45) is -0.949. The van der Waals surface area contributed by atoms with Gasteiger partial charge in [-0.3, -0.25) is 0 Å². The first kappa shape index (κ1) is 13.4. The van der Waals surface area contributed by atoms with Crippen LogP contribution in [0.4, 0.5) is 8.78 Å². The van der Waals surface area contributed by atoms with E-state index in [1.54, 1.807) is 24.4 Å². The van der Waals surface area contributed by atoms with E-state index < -0.39 is 6.43 Å². The first-order valence-electron chi connectivity index (χ1n) is 5.01. The number of alkyl halides is 2. The van der Waals surface area contributed by atoms with Crippen molar-refractivity contribution in [2.75, 3.05) is 0 Å². The molecule has 1 aromatic carbocycles. The molecule has 18 heavy (non-hydrogen) atoms. The molecule has 0 unspecified atom stereocenters. The van der Waals surface area contributed by atoms with Crippen LogP contribution >= 0.6 is 28.7 Å². The zero-order valence-corrected chi connectivity index (χ0v) is 11.5. The molecule has 0 radical (unpaired) electrons. The number of thiol groups is 1. The lowest BCUT2D eigenvalue weighted by Gasteiger charge is -2.11. The number of aromatic nitrogens is 2. The standard InChI is InChI=1S/C11H9BrF2N2OS/c12-9-3-1-2-7(11(13)14)8(9)6-17-10-4-5-16(18)15-10/h1-5,11,18H,6H2. The molecule has 0 aliphatic rings. The SMILES string of the molecule is FC(F)c1cccc(Br)c1COc1ccn(S)n1. The van der Waals surface area contributed by atoms with E-state index in [-0.39, 0.29) is 12.2 Å². The van der Waals surface area contributed by atoms with Crippen LogP contribution in [0.15, 0.2) is 34.9 Å². The van der Waals surface area contributed by atoms with Crippen LogP contribution in [0, 0.1) is 0 Å². The van der Waals surface area contributed by atoms with Gasteiger partial charge in [-0.15, -0.1) is 5.10 Å². The van der Waals surface area contributed by atoms with E-state index in [9.17, 15) is 8.78 Å². The fourth-order valence-corrected chi connectivity index (χ4v) is 2.10. The van der Waals surface area contributed by atoms with Crippen molar-refractivity contribution in [1.29, 1.82) is 0 Å². The highest BCUT2D eigenvalue weighted by Crippen LogP contribution is 2.29. The number of halogens is 3. The lowest BCUT2D eigenvalue weighted by molar-refractivity contribution is 0.147. The Morgan fingerprint density at radius 2 is 2.17 bits per heavy atom. The summed E-state index contributed by atoms with van der Waals surface area (Å²) >= 11 is 7.20. The van der Waals surface area contributed by atoms with E-state index >= 15 is 0 Å². The molecule has 96 valence electrons. The van der Waals surface area contributed by atoms with Crippen molar-refractivity contribution in [2.24, 2.45) is 0 Å². The van der Waals surface area contributed by atoms with Crippen molar-refractivity contribution in [3.63, 3.8) is 0 Å². The highest BCUT2D eigenvalue weighted by Gasteiger charge is 2.15. The van der Waals surface area contributed by atoms with Crippen LogP contribution in [0.5, 0.6) is 5.88 Å². The van der Waals surface area contributed by atoms with E-state index in [1.807, 2.05) is 0 Å². The fourth-order valence-electron chi connectivity index (χ4n) is 1.45. The molecule has 0 saturated carbocycles. The Balaban J connectivity index is 2.18. The molecule has 7 heteroatoms. The normalized spacial score (nSPS) is 10.9. The molecule has 0 aliphatic heterocycles. The van der Waals surface area contributed by atoms with Crippen LogP contribution in [0.1, 0.15) is 17.6 Å².